The van der Waals surface area contributed by atoms with Crippen LogP contribution in [0, 0.1) is 19.8 Å². The molecule has 2 nitrogen and oxygen atoms in total. The zero-order chi connectivity index (χ0) is 10.3. The van der Waals surface area contributed by atoms with Crippen LogP contribution < -0.4 is 5.73 Å². The van der Waals surface area contributed by atoms with E-state index in [1.54, 1.807) is 11.3 Å². The summed E-state index contributed by atoms with van der Waals surface area (Å²) in [6.45, 7) is 6.44. The number of rotatable bonds is 1. The van der Waals surface area contributed by atoms with Gasteiger partial charge in [0.1, 0.15) is 5.01 Å². The Morgan fingerprint density at radius 1 is 1.50 bits per heavy atom. The second kappa shape index (κ2) is 3.31. The molecule has 0 amide bonds. The lowest BCUT2D eigenvalue weighted by molar-refractivity contribution is 0.347. The average molecular weight is 210 g/mol. The first-order valence-corrected chi connectivity index (χ1v) is 6.09. The van der Waals surface area contributed by atoms with Crippen molar-refractivity contribution in [3.05, 3.63) is 15.6 Å². The minimum atomic E-state index is -0.135. The van der Waals surface area contributed by atoms with Gasteiger partial charge in [0.05, 0.1) is 11.2 Å². The Balaban J connectivity index is 2.38. The fraction of sp³-hybridized carbons (Fsp3) is 0.727. The average Bonchev–Trinajstić information content (AvgIpc) is 2.61. The zero-order valence-electron chi connectivity index (χ0n) is 9.13. The van der Waals surface area contributed by atoms with Crippen molar-refractivity contribution in [1.82, 2.24) is 4.98 Å². The van der Waals surface area contributed by atoms with Crippen LogP contribution in [0.4, 0.5) is 0 Å². The van der Waals surface area contributed by atoms with E-state index in [0.29, 0.717) is 5.92 Å². The molecule has 0 radical (unpaired) electrons. The predicted molar refractivity (Wildman–Crippen MR) is 60.5 cm³/mol. The first-order chi connectivity index (χ1) is 6.54. The first-order valence-electron chi connectivity index (χ1n) is 5.27. The zero-order valence-corrected chi connectivity index (χ0v) is 9.95. The molecule has 1 heterocycles. The highest BCUT2D eigenvalue weighted by molar-refractivity contribution is 7.11. The van der Waals surface area contributed by atoms with Crippen molar-refractivity contribution in [3.8, 4) is 0 Å². The van der Waals surface area contributed by atoms with E-state index >= 15 is 0 Å². The van der Waals surface area contributed by atoms with Crippen molar-refractivity contribution in [1.29, 1.82) is 0 Å². The molecular weight excluding hydrogens is 192 g/mol. The molecule has 3 heteroatoms. The smallest absolute Gasteiger partial charge is 0.113 e. The summed E-state index contributed by atoms with van der Waals surface area (Å²) >= 11 is 1.78. The molecule has 2 N–H and O–H groups in total. The van der Waals surface area contributed by atoms with E-state index < -0.39 is 0 Å². The molecule has 0 spiro atoms. The Bertz CT molecular complexity index is 326. The number of thiazole rings is 1. The quantitative estimate of drug-likeness (QED) is 0.774. The van der Waals surface area contributed by atoms with Crippen molar-refractivity contribution in [2.75, 3.05) is 0 Å². The van der Waals surface area contributed by atoms with Gasteiger partial charge in [-0.15, -0.1) is 11.3 Å². The summed E-state index contributed by atoms with van der Waals surface area (Å²) in [5.74, 6) is 0.576. The van der Waals surface area contributed by atoms with Crippen LogP contribution in [0.3, 0.4) is 0 Å². The molecule has 2 rings (SSSR count). The molecule has 14 heavy (non-hydrogen) atoms. The van der Waals surface area contributed by atoms with Gasteiger partial charge in [-0.3, -0.25) is 0 Å². The summed E-state index contributed by atoms with van der Waals surface area (Å²) in [5.41, 5.74) is 7.47. The lowest BCUT2D eigenvalue weighted by Gasteiger charge is -2.26. The van der Waals surface area contributed by atoms with Crippen molar-refractivity contribution in [2.24, 2.45) is 11.7 Å². The molecule has 1 saturated carbocycles. The SMILES string of the molecule is Cc1nc(C2(N)CCCC2C)sc1C. The topological polar surface area (TPSA) is 38.9 Å². The van der Waals surface area contributed by atoms with Gasteiger partial charge in [-0.05, 0) is 32.6 Å². The highest BCUT2D eigenvalue weighted by Gasteiger charge is 2.40. The summed E-state index contributed by atoms with van der Waals surface area (Å²) in [5, 5.41) is 1.15. The van der Waals surface area contributed by atoms with Crippen LogP contribution in [0.2, 0.25) is 0 Å². The third-order valence-corrected chi connectivity index (χ3v) is 4.80. The maximum Gasteiger partial charge on any atom is 0.113 e. The Morgan fingerprint density at radius 3 is 2.64 bits per heavy atom. The minimum Gasteiger partial charge on any atom is -0.319 e. The summed E-state index contributed by atoms with van der Waals surface area (Å²) in [7, 11) is 0. The van der Waals surface area contributed by atoms with Gasteiger partial charge in [0.15, 0.2) is 0 Å². The van der Waals surface area contributed by atoms with Crippen molar-refractivity contribution >= 4 is 11.3 Å². The van der Waals surface area contributed by atoms with E-state index in [-0.39, 0.29) is 5.54 Å². The van der Waals surface area contributed by atoms with Gasteiger partial charge < -0.3 is 5.73 Å². The van der Waals surface area contributed by atoms with Crippen molar-refractivity contribution in [2.45, 2.75) is 45.6 Å². The molecule has 78 valence electrons. The molecule has 1 aliphatic carbocycles. The van der Waals surface area contributed by atoms with Crippen LogP contribution in [0.25, 0.3) is 0 Å². The molecule has 1 fully saturated rings. The van der Waals surface area contributed by atoms with Gasteiger partial charge in [0.25, 0.3) is 0 Å². The van der Waals surface area contributed by atoms with Crippen molar-refractivity contribution in [3.63, 3.8) is 0 Å². The van der Waals surface area contributed by atoms with Crippen LogP contribution in [0.1, 0.15) is 41.8 Å². The highest BCUT2D eigenvalue weighted by Crippen LogP contribution is 2.42. The predicted octanol–water partition coefficient (Wildman–Crippen LogP) is 2.73. The van der Waals surface area contributed by atoms with Crippen LogP contribution >= 0.6 is 11.3 Å². The van der Waals surface area contributed by atoms with E-state index in [0.717, 1.165) is 17.1 Å². The Morgan fingerprint density at radius 2 is 2.21 bits per heavy atom. The van der Waals surface area contributed by atoms with E-state index in [2.05, 4.69) is 25.8 Å². The molecule has 0 aromatic carbocycles. The molecule has 1 aromatic heterocycles. The third kappa shape index (κ3) is 1.39. The minimum absolute atomic E-state index is 0.135. The van der Waals surface area contributed by atoms with Gasteiger partial charge in [0, 0.05) is 4.88 Å². The second-order valence-electron chi connectivity index (χ2n) is 4.49. The maximum atomic E-state index is 6.45. The lowest BCUT2D eigenvalue weighted by atomic mass is 9.90. The van der Waals surface area contributed by atoms with E-state index in [1.807, 2.05) is 0 Å². The van der Waals surface area contributed by atoms with Gasteiger partial charge in [0.2, 0.25) is 0 Å². The standard InChI is InChI=1S/C11H18N2S/c1-7-5-4-6-11(7,12)10-13-8(2)9(3)14-10/h7H,4-6,12H2,1-3H3. The molecule has 2 atom stereocenters. The molecular formula is C11H18N2S. The fourth-order valence-electron chi connectivity index (χ4n) is 2.19. The largest absolute Gasteiger partial charge is 0.319 e. The third-order valence-electron chi connectivity index (χ3n) is 3.53. The monoisotopic (exact) mass is 210 g/mol. The van der Waals surface area contributed by atoms with Crippen LogP contribution in [0.5, 0.6) is 0 Å². The number of hydrogen-bond donors (Lipinski definition) is 1. The molecule has 0 saturated heterocycles. The number of aromatic nitrogens is 1. The highest BCUT2D eigenvalue weighted by atomic mass is 32.1. The second-order valence-corrected chi connectivity index (χ2v) is 5.70. The van der Waals surface area contributed by atoms with Gasteiger partial charge in [-0.25, -0.2) is 4.98 Å². The Labute approximate surface area is 89.5 Å². The van der Waals surface area contributed by atoms with Gasteiger partial charge in [-0.2, -0.15) is 0 Å². The molecule has 1 aliphatic rings. The van der Waals surface area contributed by atoms with E-state index in [1.165, 1.54) is 17.7 Å². The number of hydrogen-bond acceptors (Lipinski definition) is 3. The normalized spacial score (nSPS) is 32.4. The van der Waals surface area contributed by atoms with Gasteiger partial charge in [-0.1, -0.05) is 13.3 Å². The number of nitrogens with zero attached hydrogens (tertiary/aromatic N) is 1. The molecule has 0 bridgehead atoms. The summed E-state index contributed by atoms with van der Waals surface area (Å²) in [4.78, 5) is 5.92. The molecule has 1 aromatic rings. The van der Waals surface area contributed by atoms with Crippen molar-refractivity contribution < 1.29 is 0 Å². The van der Waals surface area contributed by atoms with Gasteiger partial charge >= 0.3 is 0 Å². The number of nitrogens with two attached hydrogens (primary N) is 1. The Hall–Kier alpha value is -0.410. The first kappa shape index (κ1) is 10.1. The van der Waals surface area contributed by atoms with Crippen LogP contribution in [-0.4, -0.2) is 4.98 Å². The molecule has 2 unspecified atom stereocenters. The number of aryl methyl sites for hydroxylation is 2. The van der Waals surface area contributed by atoms with Crippen LogP contribution in [-0.2, 0) is 5.54 Å². The van der Waals surface area contributed by atoms with E-state index in [4.69, 9.17) is 5.73 Å². The van der Waals surface area contributed by atoms with Crippen LogP contribution in [0.15, 0.2) is 0 Å². The maximum absolute atomic E-state index is 6.45. The summed E-state index contributed by atoms with van der Waals surface area (Å²) < 4.78 is 0. The summed E-state index contributed by atoms with van der Waals surface area (Å²) in [6, 6.07) is 0. The summed E-state index contributed by atoms with van der Waals surface area (Å²) in [6.07, 6.45) is 3.59. The fourth-order valence-corrected chi connectivity index (χ4v) is 3.35. The molecule has 0 aliphatic heterocycles. The van der Waals surface area contributed by atoms with E-state index in [9.17, 15) is 0 Å². The lowest BCUT2D eigenvalue weighted by Crippen LogP contribution is -2.38. The Kier molecular flexibility index (Phi) is 2.40.